The number of fused-ring (bicyclic) bond motifs is 2. The fraction of sp³-hybridized carbons (Fsp3) is 0.158. The molecule has 0 aliphatic carbocycles. The van der Waals surface area contributed by atoms with Crippen LogP contribution in [0.4, 0.5) is 5.69 Å². The summed E-state index contributed by atoms with van der Waals surface area (Å²) in [7, 11) is 0. The SMILES string of the molecule is CC.O=C1Nc2ccccc2C1=Cc1ccc2c(c1)C=NC2. The van der Waals surface area contributed by atoms with Gasteiger partial charge >= 0.3 is 0 Å². The molecule has 3 heteroatoms. The predicted molar refractivity (Wildman–Crippen MR) is 92.0 cm³/mol. The van der Waals surface area contributed by atoms with Gasteiger partial charge in [-0.1, -0.05) is 44.2 Å². The number of hydrogen-bond acceptors (Lipinski definition) is 2. The molecule has 0 atom stereocenters. The molecule has 4 rings (SSSR count). The van der Waals surface area contributed by atoms with Crippen LogP contribution in [0.25, 0.3) is 11.6 Å². The van der Waals surface area contributed by atoms with Gasteiger partial charge in [0, 0.05) is 23.0 Å². The molecule has 2 aliphatic heterocycles. The van der Waals surface area contributed by atoms with E-state index in [0.29, 0.717) is 0 Å². The molecular weight excluding hydrogens is 272 g/mol. The molecule has 2 aromatic rings. The van der Waals surface area contributed by atoms with E-state index in [0.717, 1.165) is 34.5 Å². The minimum Gasteiger partial charge on any atom is -0.321 e. The van der Waals surface area contributed by atoms with Gasteiger partial charge in [0.05, 0.1) is 6.54 Å². The van der Waals surface area contributed by atoms with Gasteiger partial charge in [0.2, 0.25) is 0 Å². The Morgan fingerprint density at radius 1 is 1.14 bits per heavy atom. The van der Waals surface area contributed by atoms with Crippen molar-refractivity contribution in [1.29, 1.82) is 0 Å². The molecular formula is C19H18N2O. The maximum absolute atomic E-state index is 12.1. The van der Waals surface area contributed by atoms with Crippen molar-refractivity contribution in [3.05, 3.63) is 64.7 Å². The second kappa shape index (κ2) is 5.98. The molecule has 1 amide bonds. The Labute approximate surface area is 130 Å². The van der Waals surface area contributed by atoms with Crippen LogP contribution in [0.5, 0.6) is 0 Å². The Morgan fingerprint density at radius 2 is 1.95 bits per heavy atom. The standard InChI is InChI=1S/C17H12N2O.C2H6/c20-17-15(14-3-1-2-4-16(14)19-17)8-11-5-6-12-9-18-10-13(12)7-11;1-2/h1-8,10H,9H2,(H,19,20);1-2H3. The maximum atomic E-state index is 12.1. The molecule has 3 nitrogen and oxygen atoms in total. The van der Waals surface area contributed by atoms with Crippen molar-refractivity contribution in [2.75, 3.05) is 5.32 Å². The number of rotatable bonds is 1. The minimum atomic E-state index is -0.0413. The van der Waals surface area contributed by atoms with Crippen LogP contribution in [0.15, 0.2) is 47.5 Å². The summed E-state index contributed by atoms with van der Waals surface area (Å²) in [6.45, 7) is 4.76. The molecule has 0 saturated carbocycles. The van der Waals surface area contributed by atoms with E-state index in [2.05, 4.69) is 22.4 Å². The van der Waals surface area contributed by atoms with Gasteiger partial charge in [-0.05, 0) is 34.9 Å². The van der Waals surface area contributed by atoms with Crippen LogP contribution in [-0.4, -0.2) is 12.1 Å². The number of nitrogens with zero attached hydrogens (tertiary/aromatic N) is 1. The minimum absolute atomic E-state index is 0.0413. The van der Waals surface area contributed by atoms with E-state index in [-0.39, 0.29) is 5.91 Å². The van der Waals surface area contributed by atoms with Crippen molar-refractivity contribution in [3.63, 3.8) is 0 Å². The van der Waals surface area contributed by atoms with E-state index < -0.39 is 0 Å². The molecule has 0 fully saturated rings. The van der Waals surface area contributed by atoms with Crippen LogP contribution >= 0.6 is 0 Å². The molecule has 2 heterocycles. The number of anilines is 1. The lowest BCUT2D eigenvalue weighted by atomic mass is 10.0. The Morgan fingerprint density at radius 3 is 2.82 bits per heavy atom. The number of carbonyl (C=O) groups is 1. The molecule has 0 saturated heterocycles. The van der Waals surface area contributed by atoms with E-state index in [1.807, 2.05) is 56.5 Å². The quantitative estimate of drug-likeness (QED) is 0.788. The summed E-state index contributed by atoms with van der Waals surface area (Å²) in [6.07, 6.45) is 3.83. The zero-order chi connectivity index (χ0) is 15.5. The number of nitrogens with one attached hydrogen (secondary N) is 1. The first kappa shape index (κ1) is 14.3. The Hall–Kier alpha value is -2.68. The van der Waals surface area contributed by atoms with E-state index in [9.17, 15) is 4.79 Å². The van der Waals surface area contributed by atoms with E-state index in [1.165, 1.54) is 5.56 Å². The van der Waals surface area contributed by atoms with E-state index in [1.54, 1.807) is 0 Å². The number of para-hydroxylation sites is 1. The zero-order valence-corrected chi connectivity index (χ0v) is 12.8. The number of hydrogen-bond donors (Lipinski definition) is 1. The lowest BCUT2D eigenvalue weighted by molar-refractivity contribution is -0.110. The van der Waals surface area contributed by atoms with Gasteiger partial charge < -0.3 is 5.32 Å². The number of carbonyl (C=O) groups excluding carboxylic acids is 1. The van der Waals surface area contributed by atoms with Gasteiger partial charge in [-0.3, -0.25) is 9.79 Å². The topological polar surface area (TPSA) is 41.5 Å². The summed E-state index contributed by atoms with van der Waals surface area (Å²) in [5.74, 6) is -0.0413. The van der Waals surface area contributed by atoms with Gasteiger partial charge in [-0.2, -0.15) is 0 Å². The molecule has 0 unspecified atom stereocenters. The first-order chi connectivity index (χ1) is 10.8. The van der Waals surface area contributed by atoms with Crippen molar-refractivity contribution < 1.29 is 4.79 Å². The highest BCUT2D eigenvalue weighted by Gasteiger charge is 2.23. The van der Waals surface area contributed by atoms with Crippen molar-refractivity contribution in [2.45, 2.75) is 20.4 Å². The smallest absolute Gasteiger partial charge is 0.256 e. The van der Waals surface area contributed by atoms with Gasteiger partial charge in [0.25, 0.3) is 5.91 Å². The molecule has 1 N–H and O–H groups in total. The third-order valence-electron chi connectivity index (χ3n) is 3.68. The molecule has 2 aromatic carbocycles. The van der Waals surface area contributed by atoms with Crippen LogP contribution in [0.2, 0.25) is 0 Å². The lowest BCUT2D eigenvalue weighted by Crippen LogP contribution is -2.03. The largest absolute Gasteiger partial charge is 0.321 e. The third-order valence-corrected chi connectivity index (χ3v) is 3.68. The fourth-order valence-corrected chi connectivity index (χ4v) is 2.66. The van der Waals surface area contributed by atoms with Crippen LogP contribution in [0.3, 0.4) is 0 Å². The summed E-state index contributed by atoms with van der Waals surface area (Å²) >= 11 is 0. The predicted octanol–water partition coefficient (Wildman–Crippen LogP) is 4.14. The fourth-order valence-electron chi connectivity index (χ4n) is 2.66. The van der Waals surface area contributed by atoms with Gasteiger partial charge in [-0.25, -0.2) is 0 Å². The van der Waals surface area contributed by atoms with Crippen molar-refractivity contribution in [1.82, 2.24) is 0 Å². The van der Waals surface area contributed by atoms with Crippen molar-refractivity contribution in [2.24, 2.45) is 4.99 Å². The highest BCUT2D eigenvalue weighted by Crippen LogP contribution is 2.32. The molecule has 0 aromatic heterocycles. The highest BCUT2D eigenvalue weighted by molar-refractivity contribution is 6.34. The Bertz CT molecular complexity index is 788. The normalized spacial score (nSPS) is 15.9. The second-order valence-corrected chi connectivity index (χ2v) is 4.99. The van der Waals surface area contributed by atoms with E-state index in [4.69, 9.17) is 0 Å². The van der Waals surface area contributed by atoms with Gasteiger partial charge in [0.15, 0.2) is 0 Å². The maximum Gasteiger partial charge on any atom is 0.256 e. The van der Waals surface area contributed by atoms with Gasteiger partial charge in [0.1, 0.15) is 0 Å². The van der Waals surface area contributed by atoms with Crippen LogP contribution in [0, 0.1) is 0 Å². The Balaban J connectivity index is 0.000000693. The molecule has 0 bridgehead atoms. The summed E-state index contributed by atoms with van der Waals surface area (Å²) in [6, 6.07) is 13.9. The molecule has 0 radical (unpaired) electrons. The second-order valence-electron chi connectivity index (χ2n) is 4.99. The molecule has 2 aliphatic rings. The summed E-state index contributed by atoms with van der Waals surface area (Å²) in [5, 5.41) is 2.89. The highest BCUT2D eigenvalue weighted by atomic mass is 16.2. The monoisotopic (exact) mass is 290 g/mol. The molecule has 0 spiro atoms. The number of benzene rings is 2. The van der Waals surface area contributed by atoms with E-state index >= 15 is 0 Å². The van der Waals surface area contributed by atoms with Crippen molar-refractivity contribution >= 4 is 29.5 Å². The molecule has 22 heavy (non-hydrogen) atoms. The Kier molecular flexibility index (Phi) is 3.88. The third kappa shape index (κ3) is 2.46. The van der Waals surface area contributed by atoms with Crippen LogP contribution < -0.4 is 5.32 Å². The van der Waals surface area contributed by atoms with Crippen LogP contribution in [-0.2, 0) is 11.3 Å². The van der Waals surface area contributed by atoms with Gasteiger partial charge in [-0.15, -0.1) is 0 Å². The summed E-state index contributed by atoms with van der Waals surface area (Å²) in [5.41, 5.74) is 5.97. The first-order valence-corrected chi connectivity index (χ1v) is 7.56. The van der Waals surface area contributed by atoms with Crippen LogP contribution in [0.1, 0.15) is 36.1 Å². The summed E-state index contributed by atoms with van der Waals surface area (Å²) in [4.78, 5) is 16.3. The number of amides is 1. The number of aliphatic imine (C=N–C) groups is 1. The lowest BCUT2D eigenvalue weighted by Gasteiger charge is -2.01. The van der Waals surface area contributed by atoms with Crippen molar-refractivity contribution in [3.8, 4) is 0 Å². The average molecular weight is 290 g/mol. The zero-order valence-electron chi connectivity index (χ0n) is 12.8. The average Bonchev–Trinajstić information content (AvgIpc) is 3.14. The first-order valence-electron chi connectivity index (χ1n) is 7.56. The molecule has 110 valence electrons. The summed E-state index contributed by atoms with van der Waals surface area (Å²) < 4.78 is 0.